The van der Waals surface area contributed by atoms with Crippen molar-refractivity contribution in [2.75, 3.05) is 0 Å². The molecule has 4 N–H and O–H groups in total. The molecule has 0 aliphatic rings. The van der Waals surface area contributed by atoms with Gasteiger partial charge in [-0.15, -0.1) is 5.10 Å². The summed E-state index contributed by atoms with van der Waals surface area (Å²) in [4.78, 5) is 31.3. The number of hydrogen-bond donors (Lipinski definition) is 3. The summed E-state index contributed by atoms with van der Waals surface area (Å²) in [5, 5.41) is 21.2. The van der Waals surface area contributed by atoms with Gasteiger partial charge in [0.1, 0.15) is 6.33 Å². The Morgan fingerprint density at radius 2 is 2.00 bits per heavy atom. The lowest BCUT2D eigenvalue weighted by molar-refractivity contribution is -0.192. The van der Waals surface area contributed by atoms with Gasteiger partial charge in [0, 0.05) is 11.6 Å². The van der Waals surface area contributed by atoms with Crippen LogP contribution in [-0.4, -0.2) is 55.6 Å². The van der Waals surface area contributed by atoms with E-state index < -0.39 is 30.2 Å². The highest BCUT2D eigenvalue weighted by Gasteiger charge is 2.38. The van der Waals surface area contributed by atoms with Crippen LogP contribution in [0, 0.1) is 0 Å². The Balaban J connectivity index is 0.000000516. The summed E-state index contributed by atoms with van der Waals surface area (Å²) in [5.74, 6) is -3.24. The molecule has 1 heterocycles. The van der Waals surface area contributed by atoms with Crippen LogP contribution < -0.4 is 11.1 Å². The van der Waals surface area contributed by atoms with Gasteiger partial charge in [-0.05, 0) is 41.1 Å². The average molecular weight is 439 g/mol. The second-order valence-electron chi connectivity index (χ2n) is 5.13. The molecule has 1 atom stereocenters. The lowest BCUT2D eigenvalue weighted by Gasteiger charge is -2.13. The molecule has 2 rings (SSSR count). The van der Waals surface area contributed by atoms with Gasteiger partial charge in [-0.2, -0.15) is 13.2 Å². The van der Waals surface area contributed by atoms with Crippen LogP contribution in [0.1, 0.15) is 12.5 Å². The number of tetrazole rings is 1. The van der Waals surface area contributed by atoms with E-state index in [1.807, 2.05) is 0 Å². The van der Waals surface area contributed by atoms with Gasteiger partial charge in [0.2, 0.25) is 0 Å². The standard InChI is InChI=1S/C12H13ClN6O3.C2HF3O2/c1-7(22-12(14)21)11(20)15-5-8-4-9(13)2-3-10(8)19-6-16-17-18-19;3-2(4,5)1(6)7/h2-4,6-7H,5H2,1H3,(H2,14,21)(H,15,20);(H,6,7). The summed E-state index contributed by atoms with van der Waals surface area (Å²) < 4.78 is 37.8. The van der Waals surface area contributed by atoms with E-state index in [0.717, 1.165) is 0 Å². The molecular formula is C14H14ClF3N6O5. The highest BCUT2D eigenvalue weighted by molar-refractivity contribution is 6.30. The number of carbonyl (C=O) groups is 3. The first-order valence-corrected chi connectivity index (χ1v) is 7.85. The molecule has 0 saturated carbocycles. The van der Waals surface area contributed by atoms with Crippen molar-refractivity contribution >= 4 is 29.6 Å². The zero-order valence-electron chi connectivity index (χ0n) is 14.6. The molecule has 0 aliphatic heterocycles. The van der Waals surface area contributed by atoms with E-state index in [2.05, 4.69) is 25.6 Å². The molecule has 2 aromatic rings. The van der Waals surface area contributed by atoms with Gasteiger partial charge in [-0.25, -0.2) is 14.3 Å². The molecule has 29 heavy (non-hydrogen) atoms. The van der Waals surface area contributed by atoms with Crippen LogP contribution in [0.3, 0.4) is 0 Å². The number of carbonyl (C=O) groups excluding carboxylic acids is 2. The van der Waals surface area contributed by atoms with E-state index in [0.29, 0.717) is 16.3 Å². The number of primary amides is 1. The Bertz CT molecular complexity index is 862. The number of carboxylic acids is 1. The minimum Gasteiger partial charge on any atom is -0.475 e. The third-order valence-corrected chi connectivity index (χ3v) is 3.23. The summed E-state index contributed by atoms with van der Waals surface area (Å²) in [6.45, 7) is 1.57. The molecule has 1 unspecified atom stereocenters. The maximum absolute atomic E-state index is 11.8. The zero-order valence-corrected chi connectivity index (χ0v) is 15.3. The third kappa shape index (κ3) is 8.00. The fourth-order valence-electron chi connectivity index (χ4n) is 1.74. The molecular weight excluding hydrogens is 425 g/mol. The minimum absolute atomic E-state index is 0.154. The Morgan fingerprint density at radius 1 is 1.38 bits per heavy atom. The van der Waals surface area contributed by atoms with Crippen molar-refractivity contribution in [2.45, 2.75) is 25.7 Å². The lowest BCUT2D eigenvalue weighted by Crippen LogP contribution is -2.36. The SMILES string of the molecule is CC(OC(N)=O)C(=O)NCc1cc(Cl)ccc1-n1cnnn1.O=C(O)C(F)(F)F. The van der Waals surface area contributed by atoms with Gasteiger partial charge in [0.25, 0.3) is 5.91 Å². The summed E-state index contributed by atoms with van der Waals surface area (Å²) in [5.41, 5.74) is 6.22. The van der Waals surface area contributed by atoms with Crippen LogP contribution in [0.25, 0.3) is 5.69 Å². The van der Waals surface area contributed by atoms with Crippen LogP contribution in [0.15, 0.2) is 24.5 Å². The smallest absolute Gasteiger partial charge is 0.475 e. The van der Waals surface area contributed by atoms with E-state index >= 15 is 0 Å². The Hall–Kier alpha value is -3.42. The molecule has 0 aliphatic carbocycles. The van der Waals surface area contributed by atoms with Crippen molar-refractivity contribution in [1.29, 1.82) is 0 Å². The zero-order chi connectivity index (χ0) is 22.2. The molecule has 0 saturated heterocycles. The summed E-state index contributed by atoms with van der Waals surface area (Å²) in [6, 6.07) is 5.09. The molecule has 158 valence electrons. The molecule has 0 fully saturated rings. The van der Waals surface area contributed by atoms with Crippen LogP contribution in [0.5, 0.6) is 0 Å². The molecule has 2 amide bonds. The second kappa shape index (κ2) is 10.2. The predicted molar refractivity (Wildman–Crippen MR) is 89.8 cm³/mol. The van der Waals surface area contributed by atoms with Crippen LogP contribution in [-0.2, 0) is 20.9 Å². The van der Waals surface area contributed by atoms with Gasteiger partial charge >= 0.3 is 18.2 Å². The Labute approximate surface area is 165 Å². The summed E-state index contributed by atoms with van der Waals surface area (Å²) in [7, 11) is 0. The number of ether oxygens (including phenoxy) is 1. The van der Waals surface area contributed by atoms with E-state index in [-0.39, 0.29) is 6.54 Å². The highest BCUT2D eigenvalue weighted by Crippen LogP contribution is 2.19. The van der Waals surface area contributed by atoms with Gasteiger partial charge in [0.15, 0.2) is 6.10 Å². The molecule has 0 spiro atoms. The fraction of sp³-hybridized carbons (Fsp3) is 0.286. The molecule has 15 heteroatoms. The number of rotatable bonds is 5. The number of carboxylic acid groups (broad SMARTS) is 1. The number of aliphatic carboxylic acids is 1. The van der Waals surface area contributed by atoms with Crippen molar-refractivity contribution in [3.8, 4) is 5.69 Å². The van der Waals surface area contributed by atoms with Gasteiger partial charge in [0.05, 0.1) is 5.69 Å². The largest absolute Gasteiger partial charge is 0.490 e. The van der Waals surface area contributed by atoms with Crippen molar-refractivity contribution in [3.05, 3.63) is 35.1 Å². The minimum atomic E-state index is -5.08. The summed E-state index contributed by atoms with van der Waals surface area (Å²) >= 11 is 5.97. The number of alkyl halides is 3. The van der Waals surface area contributed by atoms with Crippen molar-refractivity contribution in [1.82, 2.24) is 25.5 Å². The average Bonchev–Trinajstić information content (AvgIpc) is 3.13. The van der Waals surface area contributed by atoms with Gasteiger partial charge in [-0.1, -0.05) is 11.6 Å². The first-order chi connectivity index (χ1) is 13.4. The van der Waals surface area contributed by atoms with Gasteiger partial charge in [-0.3, -0.25) is 4.79 Å². The number of nitrogens with two attached hydrogens (primary N) is 1. The number of benzene rings is 1. The highest BCUT2D eigenvalue weighted by atomic mass is 35.5. The lowest BCUT2D eigenvalue weighted by atomic mass is 10.1. The second-order valence-corrected chi connectivity index (χ2v) is 5.56. The molecule has 1 aromatic heterocycles. The first-order valence-electron chi connectivity index (χ1n) is 7.47. The van der Waals surface area contributed by atoms with E-state index in [9.17, 15) is 22.8 Å². The third-order valence-electron chi connectivity index (χ3n) is 3.00. The Kier molecular flexibility index (Phi) is 8.32. The molecule has 0 radical (unpaired) electrons. The number of hydrogen-bond acceptors (Lipinski definition) is 7. The van der Waals surface area contributed by atoms with Crippen molar-refractivity contribution in [2.24, 2.45) is 5.73 Å². The van der Waals surface area contributed by atoms with Crippen LogP contribution in [0.4, 0.5) is 18.0 Å². The van der Waals surface area contributed by atoms with Crippen molar-refractivity contribution in [3.63, 3.8) is 0 Å². The van der Waals surface area contributed by atoms with Crippen molar-refractivity contribution < 1.29 is 37.4 Å². The van der Waals surface area contributed by atoms with E-state index in [1.54, 1.807) is 18.2 Å². The Morgan fingerprint density at radius 3 is 2.48 bits per heavy atom. The fourth-order valence-corrected chi connectivity index (χ4v) is 1.94. The number of aromatic nitrogens is 4. The number of nitrogens with one attached hydrogen (secondary N) is 1. The first kappa shape index (κ1) is 23.6. The summed E-state index contributed by atoms with van der Waals surface area (Å²) in [6.07, 6.45) is -5.67. The quantitative estimate of drug-likeness (QED) is 0.623. The van der Waals surface area contributed by atoms with E-state index in [4.69, 9.17) is 27.2 Å². The number of amides is 2. The topological polar surface area (TPSA) is 162 Å². The maximum atomic E-state index is 11.8. The monoisotopic (exact) mass is 438 g/mol. The molecule has 11 nitrogen and oxygen atoms in total. The number of nitrogens with zero attached hydrogens (tertiary/aromatic N) is 4. The van der Waals surface area contributed by atoms with Gasteiger partial charge < -0.3 is 20.9 Å². The van der Waals surface area contributed by atoms with Crippen LogP contribution >= 0.6 is 11.6 Å². The molecule has 1 aromatic carbocycles. The predicted octanol–water partition coefficient (Wildman–Crippen LogP) is 1.05. The number of halogens is 4. The van der Waals surface area contributed by atoms with Crippen LogP contribution in [0.2, 0.25) is 5.02 Å². The normalized spacial score (nSPS) is 11.6. The van der Waals surface area contributed by atoms with E-state index in [1.165, 1.54) is 17.9 Å². The maximum Gasteiger partial charge on any atom is 0.490 e. The molecule has 0 bridgehead atoms.